The lowest BCUT2D eigenvalue weighted by Crippen LogP contribution is -2.40. The van der Waals surface area contributed by atoms with Crippen LogP contribution in [0, 0.1) is 23.0 Å². The van der Waals surface area contributed by atoms with E-state index in [-0.39, 0.29) is 17.2 Å². The Morgan fingerprint density at radius 1 is 1.35 bits per heavy atom. The fourth-order valence-corrected chi connectivity index (χ4v) is 5.16. The standard InChI is InChI=1S/C16H23NO5S/c1-12-6-8-16(18,9-7-12)11-23(21,22)10-14-4-3-5-15(13(14)2)17(19)20/h3-5,12,18H,6-11H2,1-2H3. The van der Waals surface area contributed by atoms with Crippen LogP contribution in [0.5, 0.6) is 0 Å². The summed E-state index contributed by atoms with van der Waals surface area (Å²) in [5.74, 6) is -0.0512. The van der Waals surface area contributed by atoms with Crippen molar-refractivity contribution in [1.29, 1.82) is 0 Å². The largest absolute Gasteiger partial charge is 0.389 e. The molecule has 0 aliphatic heterocycles. The number of rotatable bonds is 5. The Bertz CT molecular complexity index is 690. The first-order chi connectivity index (χ1) is 10.6. The van der Waals surface area contributed by atoms with Gasteiger partial charge in [-0.05, 0) is 44.1 Å². The van der Waals surface area contributed by atoms with E-state index in [4.69, 9.17) is 0 Å². The molecule has 23 heavy (non-hydrogen) atoms. The van der Waals surface area contributed by atoms with E-state index < -0.39 is 20.4 Å². The van der Waals surface area contributed by atoms with E-state index in [1.165, 1.54) is 12.1 Å². The summed E-state index contributed by atoms with van der Waals surface area (Å²) in [6.07, 6.45) is 2.62. The van der Waals surface area contributed by atoms with Gasteiger partial charge in [0.25, 0.3) is 5.69 Å². The SMILES string of the molecule is Cc1c(CS(=O)(=O)CC2(O)CCC(C)CC2)cccc1[N+](=O)[O-]. The number of benzene rings is 1. The van der Waals surface area contributed by atoms with Gasteiger partial charge in [-0.3, -0.25) is 10.1 Å². The van der Waals surface area contributed by atoms with Crippen molar-refractivity contribution < 1.29 is 18.4 Å². The molecule has 7 heteroatoms. The third-order valence-corrected chi connectivity index (χ3v) is 6.41. The summed E-state index contributed by atoms with van der Waals surface area (Å²) in [5, 5.41) is 21.5. The van der Waals surface area contributed by atoms with Crippen molar-refractivity contribution >= 4 is 15.5 Å². The molecule has 0 spiro atoms. The predicted octanol–water partition coefficient (Wildman–Crippen LogP) is 2.76. The van der Waals surface area contributed by atoms with Gasteiger partial charge in [-0.2, -0.15) is 0 Å². The number of sulfone groups is 1. The molecule has 0 aromatic heterocycles. The minimum absolute atomic E-state index is 0.0806. The van der Waals surface area contributed by atoms with Crippen LogP contribution >= 0.6 is 0 Å². The van der Waals surface area contributed by atoms with Crippen molar-refractivity contribution in [2.45, 2.75) is 50.9 Å². The molecular weight excluding hydrogens is 318 g/mol. The maximum Gasteiger partial charge on any atom is 0.272 e. The van der Waals surface area contributed by atoms with Gasteiger partial charge in [0.2, 0.25) is 0 Å². The number of nitro groups is 1. The first kappa shape index (κ1) is 17.9. The number of hydrogen-bond donors (Lipinski definition) is 1. The van der Waals surface area contributed by atoms with Gasteiger partial charge >= 0.3 is 0 Å². The van der Waals surface area contributed by atoms with Crippen LogP contribution in [0.25, 0.3) is 0 Å². The molecule has 0 radical (unpaired) electrons. The molecular formula is C16H23NO5S. The number of aliphatic hydroxyl groups is 1. The Morgan fingerprint density at radius 3 is 2.52 bits per heavy atom. The van der Waals surface area contributed by atoms with Crippen LogP contribution in [-0.2, 0) is 15.6 Å². The fourth-order valence-electron chi connectivity index (χ4n) is 3.17. The average Bonchev–Trinajstić information content (AvgIpc) is 2.43. The summed E-state index contributed by atoms with van der Waals surface area (Å²) in [5.41, 5.74) is -0.458. The topological polar surface area (TPSA) is 97.5 Å². The van der Waals surface area contributed by atoms with E-state index in [1.807, 2.05) is 0 Å². The maximum absolute atomic E-state index is 12.5. The number of nitrogens with zero attached hydrogens (tertiary/aromatic N) is 1. The summed E-state index contributed by atoms with van der Waals surface area (Å²) in [6.45, 7) is 3.65. The summed E-state index contributed by atoms with van der Waals surface area (Å²) in [4.78, 5) is 10.4. The molecule has 2 rings (SSSR count). The van der Waals surface area contributed by atoms with Crippen LogP contribution in [0.4, 0.5) is 5.69 Å². The van der Waals surface area contributed by atoms with Gasteiger partial charge < -0.3 is 5.11 Å². The zero-order chi connectivity index (χ0) is 17.3. The summed E-state index contributed by atoms with van der Waals surface area (Å²) < 4.78 is 24.9. The molecule has 0 unspecified atom stereocenters. The molecule has 1 aromatic rings. The third-order valence-electron chi connectivity index (χ3n) is 4.68. The van der Waals surface area contributed by atoms with Gasteiger partial charge in [-0.25, -0.2) is 8.42 Å². The fraction of sp³-hybridized carbons (Fsp3) is 0.625. The van der Waals surface area contributed by atoms with Crippen molar-refractivity contribution in [2.24, 2.45) is 5.92 Å². The van der Waals surface area contributed by atoms with Crippen molar-refractivity contribution in [1.82, 2.24) is 0 Å². The van der Waals surface area contributed by atoms with Crippen LogP contribution in [0.1, 0.15) is 43.7 Å². The number of nitro benzene ring substituents is 1. The first-order valence-electron chi connectivity index (χ1n) is 7.78. The Morgan fingerprint density at radius 2 is 1.96 bits per heavy atom. The van der Waals surface area contributed by atoms with Crippen LogP contribution in [0.2, 0.25) is 0 Å². The Balaban J connectivity index is 2.16. The molecule has 1 aliphatic rings. The van der Waals surface area contributed by atoms with Gasteiger partial charge in [0, 0.05) is 11.6 Å². The van der Waals surface area contributed by atoms with Crippen molar-refractivity contribution in [2.75, 3.05) is 5.75 Å². The van der Waals surface area contributed by atoms with Crippen molar-refractivity contribution in [3.05, 3.63) is 39.4 Å². The highest BCUT2D eigenvalue weighted by Gasteiger charge is 2.36. The quantitative estimate of drug-likeness (QED) is 0.656. The molecule has 1 fully saturated rings. The molecule has 6 nitrogen and oxygen atoms in total. The molecule has 1 N–H and O–H groups in total. The van der Waals surface area contributed by atoms with Gasteiger partial charge in [-0.1, -0.05) is 19.1 Å². The molecule has 0 heterocycles. The predicted molar refractivity (Wildman–Crippen MR) is 87.9 cm³/mol. The molecule has 1 aromatic carbocycles. The highest BCUT2D eigenvalue weighted by atomic mass is 32.2. The third kappa shape index (κ3) is 4.51. The van der Waals surface area contributed by atoms with Crippen LogP contribution in [0.15, 0.2) is 18.2 Å². The second-order valence-electron chi connectivity index (χ2n) is 6.76. The van der Waals surface area contributed by atoms with E-state index >= 15 is 0 Å². The Kier molecular flexibility index (Phi) is 5.10. The maximum atomic E-state index is 12.5. The first-order valence-corrected chi connectivity index (χ1v) is 9.60. The molecule has 128 valence electrons. The zero-order valence-electron chi connectivity index (χ0n) is 13.5. The summed E-state index contributed by atoms with van der Waals surface area (Å²) >= 11 is 0. The smallest absolute Gasteiger partial charge is 0.272 e. The van der Waals surface area contributed by atoms with E-state index in [2.05, 4.69) is 6.92 Å². The van der Waals surface area contributed by atoms with E-state index in [0.717, 1.165) is 12.8 Å². The van der Waals surface area contributed by atoms with Gasteiger partial charge in [-0.15, -0.1) is 0 Å². The van der Waals surface area contributed by atoms with E-state index in [1.54, 1.807) is 13.0 Å². The van der Waals surface area contributed by atoms with E-state index in [0.29, 0.717) is 29.9 Å². The Hall–Kier alpha value is -1.47. The van der Waals surface area contributed by atoms with Gasteiger partial charge in [0.1, 0.15) is 0 Å². The van der Waals surface area contributed by atoms with Crippen molar-refractivity contribution in [3.63, 3.8) is 0 Å². The number of hydrogen-bond acceptors (Lipinski definition) is 5. The minimum atomic E-state index is -3.55. The minimum Gasteiger partial charge on any atom is -0.389 e. The van der Waals surface area contributed by atoms with Crippen LogP contribution in [0.3, 0.4) is 0 Å². The highest BCUT2D eigenvalue weighted by molar-refractivity contribution is 7.90. The van der Waals surface area contributed by atoms with Crippen molar-refractivity contribution in [3.8, 4) is 0 Å². The van der Waals surface area contributed by atoms with Gasteiger partial charge in [0.15, 0.2) is 9.84 Å². The van der Waals surface area contributed by atoms with E-state index in [9.17, 15) is 23.6 Å². The highest BCUT2D eigenvalue weighted by Crippen LogP contribution is 2.33. The molecule has 0 amide bonds. The Labute approximate surface area is 136 Å². The molecule has 0 atom stereocenters. The lowest BCUT2D eigenvalue weighted by Gasteiger charge is -2.34. The van der Waals surface area contributed by atoms with Gasteiger partial charge in [0.05, 0.1) is 22.0 Å². The second-order valence-corrected chi connectivity index (χ2v) is 8.82. The monoisotopic (exact) mass is 341 g/mol. The molecule has 1 saturated carbocycles. The summed E-state index contributed by atoms with van der Waals surface area (Å²) in [7, 11) is -3.55. The normalized spacial score (nSPS) is 25.3. The molecule has 1 aliphatic carbocycles. The average molecular weight is 341 g/mol. The lowest BCUT2D eigenvalue weighted by atomic mass is 9.81. The molecule has 0 saturated heterocycles. The van der Waals surface area contributed by atoms with Crippen LogP contribution in [-0.4, -0.2) is 29.8 Å². The summed E-state index contributed by atoms with van der Waals surface area (Å²) in [6, 6.07) is 4.45. The lowest BCUT2D eigenvalue weighted by molar-refractivity contribution is -0.385. The molecule has 0 bridgehead atoms. The van der Waals surface area contributed by atoms with Crippen LogP contribution < -0.4 is 0 Å². The second kappa shape index (κ2) is 6.57. The zero-order valence-corrected chi connectivity index (χ0v) is 14.3.